The van der Waals surface area contributed by atoms with E-state index in [4.69, 9.17) is 15.2 Å². The molecule has 2 amide bonds. The van der Waals surface area contributed by atoms with E-state index in [0.29, 0.717) is 6.54 Å². The Morgan fingerprint density at radius 2 is 2.12 bits per heavy atom. The summed E-state index contributed by atoms with van der Waals surface area (Å²) in [7, 11) is 0. The summed E-state index contributed by atoms with van der Waals surface area (Å²) in [5.74, 6) is -0.169. The minimum atomic E-state index is -0.848. The van der Waals surface area contributed by atoms with Crippen LogP contribution in [0, 0.1) is 0 Å². The van der Waals surface area contributed by atoms with Crippen LogP contribution in [0.4, 0.5) is 9.59 Å². The molecule has 8 heteroatoms. The number of hydrogen-bond donors (Lipinski definition) is 1. The summed E-state index contributed by atoms with van der Waals surface area (Å²) in [5, 5.41) is 3.00. The Kier molecular flexibility index (Phi) is 4.55. The fourth-order valence-corrected chi connectivity index (χ4v) is 3.97. The van der Waals surface area contributed by atoms with Gasteiger partial charge in [0.2, 0.25) is 0 Å². The Morgan fingerprint density at radius 3 is 2.80 bits per heavy atom. The van der Waals surface area contributed by atoms with E-state index < -0.39 is 23.9 Å². The molecule has 0 saturated carbocycles. The van der Waals surface area contributed by atoms with Crippen LogP contribution in [0.1, 0.15) is 32.3 Å². The van der Waals surface area contributed by atoms with Gasteiger partial charge in [0, 0.05) is 24.0 Å². The van der Waals surface area contributed by atoms with Gasteiger partial charge < -0.3 is 20.1 Å². The first-order valence-electron chi connectivity index (χ1n) is 8.01. The number of rotatable bonds is 2. The second-order valence-corrected chi connectivity index (χ2v) is 7.87. The number of fused-ring (bicyclic) bond motifs is 1. The van der Waals surface area contributed by atoms with E-state index in [-0.39, 0.29) is 12.5 Å². The van der Waals surface area contributed by atoms with E-state index in [2.05, 4.69) is 4.98 Å². The number of nitrogens with two attached hydrogens (primary N) is 1. The normalized spacial score (nSPS) is 20.7. The third-order valence-electron chi connectivity index (χ3n) is 3.96. The summed E-state index contributed by atoms with van der Waals surface area (Å²) in [5.41, 5.74) is 5.63. The predicted octanol–water partition coefficient (Wildman–Crippen LogP) is 3.09. The number of carbonyl (C=O) groups excluding carboxylic acids is 2. The molecule has 3 heterocycles. The molecule has 2 unspecified atom stereocenters. The van der Waals surface area contributed by atoms with Gasteiger partial charge in [-0.2, -0.15) is 0 Å². The summed E-state index contributed by atoms with van der Waals surface area (Å²) in [6.45, 7) is 6.09. The maximum Gasteiger partial charge on any atom is 0.410 e. The first-order valence-corrected chi connectivity index (χ1v) is 8.88. The molecule has 1 aliphatic heterocycles. The first-order chi connectivity index (χ1) is 11.7. The highest BCUT2D eigenvalue weighted by Gasteiger charge is 2.41. The maximum atomic E-state index is 12.4. The van der Waals surface area contributed by atoms with Crippen molar-refractivity contribution in [3.8, 4) is 0 Å². The Morgan fingerprint density at radius 1 is 1.36 bits per heavy atom. The minimum Gasteiger partial charge on any atom is -0.444 e. The molecule has 134 valence electrons. The van der Waals surface area contributed by atoms with E-state index in [1.54, 1.807) is 11.1 Å². The van der Waals surface area contributed by atoms with Gasteiger partial charge in [-0.1, -0.05) is 6.07 Å². The Bertz CT molecular complexity index is 799. The number of nitrogens with zero attached hydrogens (tertiary/aromatic N) is 2. The molecule has 0 aromatic carbocycles. The smallest absolute Gasteiger partial charge is 0.410 e. The SMILES string of the molecule is CC(C)(C)OC(=O)N1CC(OC(N)=O)C(c2csc3ncccc23)C1. The number of hydrogen-bond acceptors (Lipinski definition) is 6. The number of likely N-dealkylation sites (tertiary alicyclic amines) is 1. The zero-order valence-electron chi connectivity index (χ0n) is 14.4. The van der Waals surface area contributed by atoms with Crippen molar-refractivity contribution in [1.29, 1.82) is 0 Å². The zero-order valence-corrected chi connectivity index (χ0v) is 15.2. The molecule has 7 nitrogen and oxygen atoms in total. The van der Waals surface area contributed by atoms with Crippen molar-refractivity contribution in [1.82, 2.24) is 9.88 Å². The van der Waals surface area contributed by atoms with Crippen molar-refractivity contribution >= 4 is 33.7 Å². The van der Waals surface area contributed by atoms with Crippen LogP contribution in [0.5, 0.6) is 0 Å². The van der Waals surface area contributed by atoms with Crippen LogP contribution < -0.4 is 5.73 Å². The molecular weight excluding hydrogens is 342 g/mol. The van der Waals surface area contributed by atoms with E-state index in [1.165, 1.54) is 11.3 Å². The fourth-order valence-electron chi connectivity index (χ4n) is 2.99. The van der Waals surface area contributed by atoms with Gasteiger partial charge in [-0.25, -0.2) is 14.6 Å². The largest absolute Gasteiger partial charge is 0.444 e. The van der Waals surface area contributed by atoms with Crippen LogP contribution in [0.2, 0.25) is 0 Å². The lowest BCUT2D eigenvalue weighted by Crippen LogP contribution is -2.36. The van der Waals surface area contributed by atoms with E-state index in [0.717, 1.165) is 15.8 Å². The van der Waals surface area contributed by atoms with Gasteiger partial charge in [0.25, 0.3) is 0 Å². The van der Waals surface area contributed by atoms with E-state index in [9.17, 15) is 9.59 Å². The van der Waals surface area contributed by atoms with Gasteiger partial charge >= 0.3 is 12.2 Å². The minimum absolute atomic E-state index is 0.169. The number of carbonyl (C=O) groups is 2. The molecule has 0 bridgehead atoms. The lowest BCUT2D eigenvalue weighted by Gasteiger charge is -2.24. The van der Waals surface area contributed by atoms with Crippen LogP contribution in [0.25, 0.3) is 10.2 Å². The highest BCUT2D eigenvalue weighted by molar-refractivity contribution is 7.16. The van der Waals surface area contributed by atoms with Crippen LogP contribution in [0.3, 0.4) is 0 Å². The van der Waals surface area contributed by atoms with Gasteiger partial charge in [-0.15, -0.1) is 11.3 Å². The third kappa shape index (κ3) is 3.84. The third-order valence-corrected chi connectivity index (χ3v) is 4.88. The average Bonchev–Trinajstić information content (AvgIpc) is 3.08. The summed E-state index contributed by atoms with van der Waals surface area (Å²) < 4.78 is 10.7. The number of primary amides is 1. The molecule has 0 aliphatic carbocycles. The summed E-state index contributed by atoms with van der Waals surface area (Å²) >= 11 is 1.52. The quantitative estimate of drug-likeness (QED) is 0.885. The monoisotopic (exact) mass is 363 g/mol. The van der Waals surface area contributed by atoms with Crippen LogP contribution >= 0.6 is 11.3 Å². The van der Waals surface area contributed by atoms with Crippen LogP contribution in [-0.2, 0) is 9.47 Å². The molecule has 25 heavy (non-hydrogen) atoms. The van der Waals surface area contributed by atoms with Crippen molar-refractivity contribution in [2.75, 3.05) is 13.1 Å². The number of thiophene rings is 1. The topological polar surface area (TPSA) is 94.7 Å². The molecule has 1 saturated heterocycles. The number of ether oxygens (including phenoxy) is 2. The zero-order chi connectivity index (χ0) is 18.2. The second kappa shape index (κ2) is 6.51. The molecule has 1 fully saturated rings. The van der Waals surface area contributed by atoms with Crippen molar-refractivity contribution < 1.29 is 19.1 Å². The molecule has 2 aromatic rings. The lowest BCUT2D eigenvalue weighted by molar-refractivity contribution is 0.0261. The summed E-state index contributed by atoms with van der Waals surface area (Å²) in [4.78, 5) is 30.5. The van der Waals surface area contributed by atoms with Gasteiger partial charge in [-0.3, -0.25) is 0 Å². The van der Waals surface area contributed by atoms with Crippen LogP contribution in [0.15, 0.2) is 23.7 Å². The highest BCUT2D eigenvalue weighted by atomic mass is 32.1. The number of amides is 2. The lowest BCUT2D eigenvalue weighted by atomic mass is 9.96. The molecular formula is C17H21N3O4S. The summed E-state index contributed by atoms with van der Waals surface area (Å²) in [6, 6.07) is 3.84. The van der Waals surface area contributed by atoms with Crippen molar-refractivity contribution in [3.05, 3.63) is 29.3 Å². The molecule has 1 aliphatic rings. The van der Waals surface area contributed by atoms with Crippen molar-refractivity contribution in [2.24, 2.45) is 5.73 Å². The molecule has 2 aromatic heterocycles. The number of pyridine rings is 1. The fraction of sp³-hybridized carbons (Fsp3) is 0.471. The van der Waals surface area contributed by atoms with E-state index in [1.807, 2.05) is 38.3 Å². The van der Waals surface area contributed by atoms with Crippen molar-refractivity contribution in [2.45, 2.75) is 38.4 Å². The van der Waals surface area contributed by atoms with Gasteiger partial charge in [0.05, 0.1) is 6.54 Å². The highest BCUT2D eigenvalue weighted by Crippen LogP contribution is 2.37. The standard InChI is InChI=1S/C17H21N3O4S/c1-17(2,3)24-16(22)20-7-11(13(8-20)23-15(18)21)12-9-25-14-10(12)5-4-6-19-14/h4-6,9,11,13H,7-8H2,1-3H3,(H2,18,21). The van der Waals surface area contributed by atoms with Gasteiger partial charge in [0.15, 0.2) is 0 Å². The second-order valence-electron chi connectivity index (χ2n) is 7.01. The Labute approximate surface area is 149 Å². The Hall–Kier alpha value is -2.35. The molecule has 3 rings (SSSR count). The molecule has 0 radical (unpaired) electrons. The molecule has 2 N–H and O–H groups in total. The van der Waals surface area contributed by atoms with Crippen molar-refractivity contribution in [3.63, 3.8) is 0 Å². The summed E-state index contributed by atoms with van der Waals surface area (Å²) in [6.07, 6.45) is -0.0470. The first kappa shape index (κ1) is 17.5. The molecule has 2 atom stereocenters. The Balaban J connectivity index is 1.88. The van der Waals surface area contributed by atoms with Gasteiger partial charge in [0.1, 0.15) is 16.5 Å². The average molecular weight is 363 g/mol. The van der Waals surface area contributed by atoms with Gasteiger partial charge in [-0.05, 0) is 37.8 Å². The van der Waals surface area contributed by atoms with Crippen LogP contribution in [-0.4, -0.2) is 46.9 Å². The number of aromatic nitrogens is 1. The molecule has 0 spiro atoms. The predicted molar refractivity (Wildman–Crippen MR) is 94.6 cm³/mol. The van der Waals surface area contributed by atoms with E-state index >= 15 is 0 Å². The maximum absolute atomic E-state index is 12.4.